The molecule has 1 N–H and O–H groups in total. The summed E-state index contributed by atoms with van der Waals surface area (Å²) in [4.78, 5) is 7.74. The van der Waals surface area contributed by atoms with Gasteiger partial charge in [-0.2, -0.15) is 0 Å². The lowest BCUT2D eigenvalue weighted by molar-refractivity contribution is 0.560. The Bertz CT molecular complexity index is 583. The Hall–Kier alpha value is -1.16. The Morgan fingerprint density at radius 3 is 2.74 bits per heavy atom. The number of aryl methyl sites for hydroxylation is 2. The lowest BCUT2D eigenvalue weighted by atomic mass is 10.1. The zero-order valence-corrected chi connectivity index (χ0v) is 12.7. The summed E-state index contributed by atoms with van der Waals surface area (Å²) in [5.41, 5.74) is 3.20. The third-order valence-corrected chi connectivity index (χ3v) is 3.80. The summed E-state index contributed by atoms with van der Waals surface area (Å²) < 4.78 is 2.92. The molecule has 0 radical (unpaired) electrons. The van der Waals surface area contributed by atoms with Crippen molar-refractivity contribution in [1.82, 2.24) is 14.5 Å². The standard InChI is InChI=1S/C15H23N3S/c1-3-4-5-6-7-8-9-18-14-13(17-15(18)19)10-12(2)11-16-14/h10-11H,3-9H2,1-2H3,(H,17,19). The lowest BCUT2D eigenvalue weighted by Gasteiger charge is -2.04. The van der Waals surface area contributed by atoms with Gasteiger partial charge in [-0.3, -0.25) is 0 Å². The fourth-order valence-electron chi connectivity index (χ4n) is 2.41. The van der Waals surface area contributed by atoms with Crippen LogP contribution in [0.25, 0.3) is 11.2 Å². The van der Waals surface area contributed by atoms with Crippen molar-refractivity contribution in [3.63, 3.8) is 0 Å². The van der Waals surface area contributed by atoms with Crippen molar-refractivity contribution in [2.24, 2.45) is 0 Å². The van der Waals surface area contributed by atoms with E-state index in [0.29, 0.717) is 0 Å². The molecular formula is C15H23N3S. The van der Waals surface area contributed by atoms with Gasteiger partial charge in [-0.1, -0.05) is 39.0 Å². The average Bonchev–Trinajstić information content (AvgIpc) is 2.69. The van der Waals surface area contributed by atoms with Gasteiger partial charge in [0, 0.05) is 12.7 Å². The number of nitrogens with one attached hydrogen (secondary N) is 1. The molecule has 2 heterocycles. The van der Waals surface area contributed by atoms with Crippen LogP contribution in [0.5, 0.6) is 0 Å². The number of rotatable bonds is 7. The van der Waals surface area contributed by atoms with E-state index in [-0.39, 0.29) is 0 Å². The second-order valence-corrected chi connectivity index (χ2v) is 5.62. The number of imidazole rings is 1. The third-order valence-electron chi connectivity index (χ3n) is 3.48. The van der Waals surface area contributed by atoms with Gasteiger partial charge in [-0.05, 0) is 37.2 Å². The lowest BCUT2D eigenvalue weighted by Crippen LogP contribution is -1.99. The summed E-state index contributed by atoms with van der Waals surface area (Å²) >= 11 is 5.38. The van der Waals surface area contributed by atoms with E-state index in [1.165, 1.54) is 38.5 Å². The van der Waals surface area contributed by atoms with Crippen molar-refractivity contribution in [2.75, 3.05) is 0 Å². The van der Waals surface area contributed by atoms with Crippen molar-refractivity contribution >= 4 is 23.4 Å². The summed E-state index contributed by atoms with van der Waals surface area (Å²) in [7, 11) is 0. The zero-order chi connectivity index (χ0) is 13.7. The molecule has 0 amide bonds. The van der Waals surface area contributed by atoms with Crippen LogP contribution < -0.4 is 0 Å². The van der Waals surface area contributed by atoms with Crippen LogP contribution in [0.2, 0.25) is 0 Å². The minimum absolute atomic E-state index is 0.793. The van der Waals surface area contributed by atoms with E-state index >= 15 is 0 Å². The largest absolute Gasteiger partial charge is 0.329 e. The highest BCUT2D eigenvalue weighted by Gasteiger charge is 2.05. The minimum atomic E-state index is 0.793. The topological polar surface area (TPSA) is 33.6 Å². The van der Waals surface area contributed by atoms with Gasteiger partial charge < -0.3 is 9.55 Å². The van der Waals surface area contributed by atoms with Crippen molar-refractivity contribution < 1.29 is 0 Å². The number of H-pyrrole nitrogens is 1. The molecule has 0 aliphatic heterocycles. The first-order valence-corrected chi connectivity index (χ1v) is 7.68. The molecule has 0 aliphatic rings. The molecule has 0 saturated heterocycles. The third kappa shape index (κ3) is 3.66. The average molecular weight is 277 g/mol. The van der Waals surface area contributed by atoms with E-state index in [1.54, 1.807) is 0 Å². The van der Waals surface area contributed by atoms with Crippen molar-refractivity contribution in [2.45, 2.75) is 58.9 Å². The van der Waals surface area contributed by atoms with Gasteiger partial charge in [0.2, 0.25) is 0 Å². The first-order valence-electron chi connectivity index (χ1n) is 7.27. The highest BCUT2D eigenvalue weighted by molar-refractivity contribution is 7.71. The maximum Gasteiger partial charge on any atom is 0.179 e. The predicted molar refractivity (Wildman–Crippen MR) is 83.0 cm³/mol. The Morgan fingerprint density at radius 1 is 1.21 bits per heavy atom. The molecule has 0 aliphatic carbocycles. The second-order valence-electron chi connectivity index (χ2n) is 5.23. The quantitative estimate of drug-likeness (QED) is 0.584. The number of unbranched alkanes of at least 4 members (excludes halogenated alkanes) is 5. The Kier molecular flexibility index (Phi) is 5.14. The normalized spacial score (nSPS) is 11.3. The van der Waals surface area contributed by atoms with Gasteiger partial charge in [0.05, 0.1) is 5.52 Å². The molecule has 2 rings (SSSR count). The van der Waals surface area contributed by atoms with Crippen LogP contribution >= 0.6 is 12.2 Å². The fourth-order valence-corrected chi connectivity index (χ4v) is 2.69. The SMILES string of the molecule is CCCCCCCCn1c(=S)[nH]c2cc(C)cnc21. The number of hydrogen-bond donors (Lipinski definition) is 1. The number of hydrogen-bond acceptors (Lipinski definition) is 2. The van der Waals surface area contributed by atoms with Crippen LogP contribution in [0.4, 0.5) is 0 Å². The summed E-state index contributed by atoms with van der Waals surface area (Å²) in [6, 6.07) is 2.11. The molecule has 0 unspecified atom stereocenters. The monoisotopic (exact) mass is 277 g/mol. The highest BCUT2D eigenvalue weighted by Crippen LogP contribution is 2.14. The van der Waals surface area contributed by atoms with Gasteiger partial charge in [-0.15, -0.1) is 0 Å². The molecule has 2 aromatic rings. The molecule has 0 spiro atoms. The highest BCUT2D eigenvalue weighted by atomic mass is 32.1. The smallest absolute Gasteiger partial charge is 0.179 e. The number of aromatic nitrogens is 3. The maximum atomic E-state index is 5.38. The molecule has 3 nitrogen and oxygen atoms in total. The number of fused-ring (bicyclic) bond motifs is 1. The summed E-state index contributed by atoms with van der Waals surface area (Å²) in [6.07, 6.45) is 9.71. The molecule has 19 heavy (non-hydrogen) atoms. The first kappa shape index (κ1) is 14.3. The van der Waals surface area contributed by atoms with Gasteiger partial charge in [0.15, 0.2) is 10.4 Å². The minimum Gasteiger partial charge on any atom is -0.329 e. The molecule has 0 bridgehead atoms. The predicted octanol–water partition coefficient (Wildman–Crippen LogP) is 4.76. The van der Waals surface area contributed by atoms with Crippen molar-refractivity contribution in [3.05, 3.63) is 22.6 Å². The van der Waals surface area contributed by atoms with Gasteiger partial charge in [0.25, 0.3) is 0 Å². The molecule has 104 valence electrons. The van der Waals surface area contributed by atoms with Crippen LogP contribution in [0, 0.1) is 11.7 Å². The van der Waals surface area contributed by atoms with E-state index in [9.17, 15) is 0 Å². The van der Waals surface area contributed by atoms with Crippen LogP contribution in [-0.2, 0) is 6.54 Å². The van der Waals surface area contributed by atoms with Crippen molar-refractivity contribution in [1.29, 1.82) is 0 Å². The molecule has 0 aromatic carbocycles. The van der Waals surface area contributed by atoms with Crippen LogP contribution in [-0.4, -0.2) is 14.5 Å². The molecular weight excluding hydrogens is 254 g/mol. The Labute approximate surface area is 120 Å². The molecule has 2 aromatic heterocycles. The van der Waals surface area contributed by atoms with E-state index in [2.05, 4.69) is 27.5 Å². The number of pyridine rings is 1. The van der Waals surface area contributed by atoms with Crippen LogP contribution in [0.1, 0.15) is 51.0 Å². The molecule has 0 saturated carbocycles. The van der Waals surface area contributed by atoms with Crippen LogP contribution in [0.3, 0.4) is 0 Å². The Morgan fingerprint density at radius 2 is 1.95 bits per heavy atom. The molecule has 0 fully saturated rings. The summed E-state index contributed by atoms with van der Waals surface area (Å²) in [5.74, 6) is 0. The van der Waals surface area contributed by atoms with E-state index < -0.39 is 0 Å². The first-order chi connectivity index (χ1) is 9.22. The second kappa shape index (κ2) is 6.85. The van der Waals surface area contributed by atoms with E-state index in [1.807, 2.05) is 13.1 Å². The van der Waals surface area contributed by atoms with E-state index in [4.69, 9.17) is 12.2 Å². The molecule has 0 atom stereocenters. The van der Waals surface area contributed by atoms with E-state index in [0.717, 1.165) is 28.0 Å². The van der Waals surface area contributed by atoms with Gasteiger partial charge in [-0.25, -0.2) is 4.98 Å². The zero-order valence-electron chi connectivity index (χ0n) is 11.9. The summed E-state index contributed by atoms with van der Waals surface area (Å²) in [5, 5.41) is 0. The number of aromatic amines is 1. The Balaban J connectivity index is 1.97. The van der Waals surface area contributed by atoms with Crippen molar-refractivity contribution in [3.8, 4) is 0 Å². The maximum absolute atomic E-state index is 5.38. The molecule has 4 heteroatoms. The number of nitrogens with zero attached hydrogens (tertiary/aromatic N) is 2. The summed E-state index contributed by atoms with van der Waals surface area (Å²) in [6.45, 7) is 5.27. The van der Waals surface area contributed by atoms with Crippen LogP contribution in [0.15, 0.2) is 12.3 Å². The van der Waals surface area contributed by atoms with Gasteiger partial charge in [0.1, 0.15) is 0 Å². The van der Waals surface area contributed by atoms with Gasteiger partial charge >= 0.3 is 0 Å². The fraction of sp³-hybridized carbons (Fsp3) is 0.600.